The number of anilines is 2. The number of nitrogens with zero attached hydrogens (tertiary/aromatic N) is 3. The fraction of sp³-hybridized carbons (Fsp3) is 0.192. The largest absolute Gasteiger partial charge is 0.491 e. The Morgan fingerprint density at radius 1 is 1.21 bits per heavy atom. The molecule has 0 atom stereocenters. The van der Waals surface area contributed by atoms with Crippen LogP contribution in [0.1, 0.15) is 19.4 Å². The van der Waals surface area contributed by atoms with Crippen LogP contribution in [0.4, 0.5) is 11.5 Å². The van der Waals surface area contributed by atoms with Gasteiger partial charge in [-0.1, -0.05) is 24.8 Å². The second kappa shape index (κ2) is 8.09. The molecule has 7 heteroatoms. The fourth-order valence-electron chi connectivity index (χ4n) is 4.38. The Labute approximate surface area is 192 Å². The monoisotopic (exact) mass is 439 g/mol. The molecule has 5 rings (SSSR count). The smallest absolute Gasteiger partial charge is 0.247 e. The van der Waals surface area contributed by atoms with E-state index in [-0.39, 0.29) is 12.0 Å². The van der Waals surface area contributed by atoms with Gasteiger partial charge in [0.15, 0.2) is 0 Å². The minimum absolute atomic E-state index is 0.101. The molecule has 1 aliphatic heterocycles. The predicted molar refractivity (Wildman–Crippen MR) is 131 cm³/mol. The van der Waals surface area contributed by atoms with Gasteiger partial charge in [-0.25, -0.2) is 9.97 Å². The van der Waals surface area contributed by atoms with Crippen molar-refractivity contribution in [1.82, 2.24) is 14.5 Å². The lowest BCUT2D eigenvalue weighted by atomic mass is 9.95. The van der Waals surface area contributed by atoms with E-state index in [4.69, 9.17) is 4.74 Å². The molecule has 7 nitrogen and oxygen atoms in total. The van der Waals surface area contributed by atoms with Crippen molar-refractivity contribution >= 4 is 28.4 Å². The van der Waals surface area contributed by atoms with Crippen molar-refractivity contribution in [2.75, 3.05) is 10.6 Å². The second-order valence-corrected chi connectivity index (χ2v) is 8.31. The maximum absolute atomic E-state index is 11.7. The van der Waals surface area contributed by atoms with E-state index in [1.54, 1.807) is 6.33 Å². The number of hydrogen-bond acceptors (Lipinski definition) is 5. The highest BCUT2D eigenvalue weighted by Gasteiger charge is 2.26. The molecule has 0 saturated heterocycles. The van der Waals surface area contributed by atoms with Crippen LogP contribution in [0, 0.1) is 0 Å². The van der Waals surface area contributed by atoms with Gasteiger partial charge in [-0.2, -0.15) is 0 Å². The highest BCUT2D eigenvalue weighted by molar-refractivity contribution is 6.09. The molecular formula is C26H25N5O2. The average molecular weight is 440 g/mol. The lowest BCUT2D eigenvalue weighted by Gasteiger charge is -2.15. The zero-order chi connectivity index (χ0) is 23.1. The van der Waals surface area contributed by atoms with Crippen LogP contribution in [-0.4, -0.2) is 26.5 Å². The summed E-state index contributed by atoms with van der Waals surface area (Å²) in [6.45, 7) is 8.19. The van der Waals surface area contributed by atoms with Crippen molar-refractivity contribution in [1.29, 1.82) is 0 Å². The third-order valence-corrected chi connectivity index (χ3v) is 5.74. The number of nitrogens with one attached hydrogen (secondary N) is 2. The van der Waals surface area contributed by atoms with Crippen molar-refractivity contribution in [2.24, 2.45) is 7.05 Å². The first-order chi connectivity index (χ1) is 16.0. The number of hydrogen-bond donors (Lipinski definition) is 2. The van der Waals surface area contributed by atoms with Gasteiger partial charge in [0.05, 0.1) is 17.2 Å². The zero-order valence-corrected chi connectivity index (χ0v) is 18.8. The molecule has 0 radical (unpaired) electrons. The van der Waals surface area contributed by atoms with E-state index in [2.05, 4.69) is 43.9 Å². The van der Waals surface area contributed by atoms with Crippen molar-refractivity contribution in [3.8, 4) is 28.1 Å². The zero-order valence-electron chi connectivity index (χ0n) is 18.8. The summed E-state index contributed by atoms with van der Waals surface area (Å²) in [6, 6.07) is 14.0. The number of rotatable bonds is 5. The van der Waals surface area contributed by atoms with E-state index in [1.165, 1.54) is 6.08 Å². The van der Waals surface area contributed by atoms with E-state index < -0.39 is 0 Å². The lowest BCUT2D eigenvalue weighted by Crippen LogP contribution is -2.07. The van der Waals surface area contributed by atoms with Crippen LogP contribution < -0.4 is 15.4 Å². The summed E-state index contributed by atoms with van der Waals surface area (Å²) in [7, 11) is 2.02. The summed E-state index contributed by atoms with van der Waals surface area (Å²) >= 11 is 0. The van der Waals surface area contributed by atoms with Gasteiger partial charge in [-0.3, -0.25) is 4.79 Å². The maximum atomic E-state index is 11.7. The molecule has 3 heterocycles. The van der Waals surface area contributed by atoms with Gasteiger partial charge in [-0.05, 0) is 60.9 Å². The Hall–Kier alpha value is -4.13. The molecule has 2 aromatic carbocycles. The molecule has 166 valence electrons. The number of carbonyl (C=O) groups excluding carboxylic acids is 1. The van der Waals surface area contributed by atoms with E-state index in [9.17, 15) is 4.79 Å². The van der Waals surface area contributed by atoms with Crippen LogP contribution in [0.2, 0.25) is 0 Å². The van der Waals surface area contributed by atoms with E-state index in [0.29, 0.717) is 12.2 Å². The summed E-state index contributed by atoms with van der Waals surface area (Å²) in [6.07, 6.45) is 2.95. The molecule has 0 fully saturated rings. The van der Waals surface area contributed by atoms with Crippen LogP contribution in [0.25, 0.3) is 33.4 Å². The van der Waals surface area contributed by atoms with Crippen LogP contribution >= 0.6 is 0 Å². The molecule has 0 unspecified atom stereocenters. The number of ether oxygens (including phenoxy) is 1. The quantitative estimate of drug-likeness (QED) is 0.421. The molecule has 0 saturated carbocycles. The van der Waals surface area contributed by atoms with Crippen LogP contribution in [0.3, 0.4) is 0 Å². The molecule has 0 aliphatic carbocycles. The predicted octanol–water partition coefficient (Wildman–Crippen LogP) is 5.14. The SMILES string of the molecule is C=CC(=O)Nc1ccc(-c2c3c4c(ncnc4n2C)NCc2cc(OC(C)C)ccc2-3)cc1. The number of amides is 1. The van der Waals surface area contributed by atoms with Crippen LogP contribution in [-0.2, 0) is 18.4 Å². The molecule has 2 aromatic heterocycles. The number of fused-ring (bicyclic) bond motifs is 2. The Bertz CT molecular complexity index is 1390. The van der Waals surface area contributed by atoms with Crippen molar-refractivity contribution in [3.05, 3.63) is 67.0 Å². The van der Waals surface area contributed by atoms with Gasteiger partial charge in [-0.15, -0.1) is 0 Å². The van der Waals surface area contributed by atoms with Gasteiger partial charge in [0.2, 0.25) is 5.91 Å². The fourth-order valence-corrected chi connectivity index (χ4v) is 4.38. The van der Waals surface area contributed by atoms with Crippen LogP contribution in [0.5, 0.6) is 5.75 Å². The summed E-state index contributed by atoms with van der Waals surface area (Å²) in [5.74, 6) is 1.42. The third-order valence-electron chi connectivity index (χ3n) is 5.74. The first kappa shape index (κ1) is 20.8. The minimum atomic E-state index is -0.238. The summed E-state index contributed by atoms with van der Waals surface area (Å²) < 4.78 is 8.04. The van der Waals surface area contributed by atoms with E-state index in [1.807, 2.05) is 51.2 Å². The second-order valence-electron chi connectivity index (χ2n) is 8.31. The van der Waals surface area contributed by atoms with E-state index in [0.717, 1.165) is 50.5 Å². The highest BCUT2D eigenvalue weighted by atomic mass is 16.5. The standard InChI is InChI=1S/C26H25N5O2/c1-5-21(32)30-18-8-6-16(7-9-18)24-22-20-11-10-19(33-15(2)3)12-17(20)13-27-25-23(22)26(31(24)4)29-14-28-25/h5-12,14-15H,1,13H2,2-4H3,(H,30,32)(H,27,28,29). The molecule has 4 aromatic rings. The Balaban J connectivity index is 1.71. The average Bonchev–Trinajstić information content (AvgIpc) is 3.00. The van der Waals surface area contributed by atoms with Gasteiger partial charge in [0.1, 0.15) is 23.5 Å². The Morgan fingerprint density at radius 2 is 2.00 bits per heavy atom. The number of carbonyl (C=O) groups is 1. The molecule has 1 aliphatic rings. The highest BCUT2D eigenvalue weighted by Crippen LogP contribution is 2.45. The summed E-state index contributed by atoms with van der Waals surface area (Å²) in [5.41, 5.74) is 6.97. The maximum Gasteiger partial charge on any atom is 0.247 e. The van der Waals surface area contributed by atoms with Crippen molar-refractivity contribution < 1.29 is 9.53 Å². The molecule has 33 heavy (non-hydrogen) atoms. The number of aryl methyl sites for hydroxylation is 1. The molecule has 0 spiro atoms. The number of benzene rings is 2. The first-order valence-corrected chi connectivity index (χ1v) is 10.9. The normalized spacial score (nSPS) is 12.1. The first-order valence-electron chi connectivity index (χ1n) is 10.9. The molecule has 0 bridgehead atoms. The third kappa shape index (κ3) is 3.61. The minimum Gasteiger partial charge on any atom is -0.491 e. The van der Waals surface area contributed by atoms with Crippen molar-refractivity contribution in [3.63, 3.8) is 0 Å². The Kier molecular flexibility index (Phi) is 5.09. The van der Waals surface area contributed by atoms with Gasteiger partial charge in [0.25, 0.3) is 0 Å². The topological polar surface area (TPSA) is 81.1 Å². The van der Waals surface area contributed by atoms with Crippen LogP contribution in [0.15, 0.2) is 61.4 Å². The molecule has 2 N–H and O–H groups in total. The van der Waals surface area contributed by atoms with Gasteiger partial charge >= 0.3 is 0 Å². The summed E-state index contributed by atoms with van der Waals surface area (Å²) in [4.78, 5) is 20.8. The molecular weight excluding hydrogens is 414 g/mol. The number of aromatic nitrogens is 3. The Morgan fingerprint density at radius 3 is 2.73 bits per heavy atom. The van der Waals surface area contributed by atoms with Crippen molar-refractivity contribution in [2.45, 2.75) is 26.5 Å². The van der Waals surface area contributed by atoms with E-state index >= 15 is 0 Å². The summed E-state index contributed by atoms with van der Waals surface area (Å²) in [5, 5.41) is 7.27. The van der Waals surface area contributed by atoms with Gasteiger partial charge < -0.3 is 19.9 Å². The molecule has 1 amide bonds. The lowest BCUT2D eigenvalue weighted by molar-refractivity contribution is -0.111. The van der Waals surface area contributed by atoms with Gasteiger partial charge in [0, 0.05) is 24.8 Å².